The smallest absolute Gasteiger partial charge is 0.264 e. The van der Waals surface area contributed by atoms with Crippen LogP contribution in [0.25, 0.3) is 11.3 Å². The highest BCUT2D eigenvalue weighted by Gasteiger charge is 2.13. The van der Waals surface area contributed by atoms with Crippen LogP contribution >= 0.6 is 11.3 Å². The lowest BCUT2D eigenvalue weighted by Gasteiger charge is -2.06. The first-order valence-electron chi connectivity index (χ1n) is 8.88. The average molecular weight is 427 g/mol. The molecule has 30 heavy (non-hydrogen) atoms. The molecule has 0 atom stereocenters. The first-order chi connectivity index (χ1) is 14.3. The van der Waals surface area contributed by atoms with Crippen molar-refractivity contribution in [3.8, 4) is 17.0 Å². The Hall–Kier alpha value is -3.59. The molecule has 0 bridgehead atoms. The van der Waals surface area contributed by atoms with E-state index in [0.29, 0.717) is 27.8 Å². The number of rotatable bonds is 7. The summed E-state index contributed by atoms with van der Waals surface area (Å²) in [7, 11) is 0. The maximum Gasteiger partial charge on any atom is 0.264 e. The van der Waals surface area contributed by atoms with Crippen molar-refractivity contribution in [2.45, 2.75) is 13.8 Å². The van der Waals surface area contributed by atoms with Gasteiger partial charge in [0.05, 0.1) is 5.69 Å². The highest BCUT2D eigenvalue weighted by molar-refractivity contribution is 7.14. The zero-order valence-electron chi connectivity index (χ0n) is 16.2. The molecule has 9 heteroatoms. The van der Waals surface area contributed by atoms with Gasteiger partial charge in [0.2, 0.25) is 5.91 Å². The lowest BCUT2D eigenvalue weighted by Crippen LogP contribution is -2.20. The number of carbonyl (C=O) groups excluding carboxylic acids is 3. The maximum absolute atomic E-state index is 14.3. The lowest BCUT2D eigenvalue weighted by molar-refractivity contribution is -0.118. The van der Waals surface area contributed by atoms with Crippen LogP contribution in [0.2, 0.25) is 0 Å². The molecule has 7 nitrogen and oxygen atoms in total. The van der Waals surface area contributed by atoms with Gasteiger partial charge in [-0.1, -0.05) is 0 Å². The number of thiazole rings is 1. The first-order valence-corrected chi connectivity index (χ1v) is 9.76. The van der Waals surface area contributed by atoms with Gasteiger partial charge in [0.1, 0.15) is 11.6 Å². The van der Waals surface area contributed by atoms with Crippen molar-refractivity contribution < 1.29 is 23.5 Å². The molecule has 0 saturated heterocycles. The topological polar surface area (TPSA) is 97.4 Å². The van der Waals surface area contributed by atoms with Gasteiger partial charge in [0.15, 0.2) is 17.5 Å². The average Bonchev–Trinajstić information content (AvgIpc) is 3.14. The summed E-state index contributed by atoms with van der Waals surface area (Å²) in [6, 6.07) is 10.7. The molecule has 0 aliphatic carbocycles. The summed E-state index contributed by atoms with van der Waals surface area (Å²) in [5, 5.41) is 7.03. The fourth-order valence-electron chi connectivity index (χ4n) is 2.55. The predicted octanol–water partition coefficient (Wildman–Crippen LogP) is 4.13. The molecule has 1 heterocycles. The molecule has 0 saturated carbocycles. The summed E-state index contributed by atoms with van der Waals surface area (Å²) in [5.41, 5.74) is 1.52. The Morgan fingerprint density at radius 1 is 1.07 bits per heavy atom. The van der Waals surface area contributed by atoms with Crippen LogP contribution in [0.4, 0.5) is 15.2 Å². The second-order valence-electron chi connectivity index (χ2n) is 6.33. The van der Waals surface area contributed by atoms with Gasteiger partial charge in [-0.3, -0.25) is 19.7 Å². The third-order valence-corrected chi connectivity index (χ3v) is 4.70. The molecule has 0 aliphatic rings. The highest BCUT2D eigenvalue weighted by atomic mass is 32.1. The van der Waals surface area contributed by atoms with Gasteiger partial charge in [-0.05, 0) is 49.4 Å². The molecule has 2 N–H and O–H groups in total. The van der Waals surface area contributed by atoms with E-state index in [1.807, 2.05) is 0 Å². The Morgan fingerprint density at radius 3 is 2.43 bits per heavy atom. The molecular weight excluding hydrogens is 409 g/mol. The Kier molecular flexibility index (Phi) is 6.53. The third-order valence-electron chi connectivity index (χ3n) is 3.95. The monoisotopic (exact) mass is 427 g/mol. The number of ketones is 1. The van der Waals surface area contributed by atoms with E-state index in [1.165, 1.54) is 26.0 Å². The van der Waals surface area contributed by atoms with Gasteiger partial charge in [-0.15, -0.1) is 11.3 Å². The summed E-state index contributed by atoms with van der Waals surface area (Å²) in [5.74, 6) is -0.857. The number of benzene rings is 2. The number of hydrogen-bond donors (Lipinski definition) is 2. The summed E-state index contributed by atoms with van der Waals surface area (Å²) < 4.78 is 19.7. The molecule has 154 valence electrons. The van der Waals surface area contributed by atoms with Crippen molar-refractivity contribution in [3.05, 3.63) is 59.2 Å². The summed E-state index contributed by atoms with van der Waals surface area (Å²) in [4.78, 5) is 38.6. The second kappa shape index (κ2) is 9.27. The molecular formula is C21H18FN3O4S. The largest absolute Gasteiger partial charge is 0.484 e. The van der Waals surface area contributed by atoms with Crippen molar-refractivity contribution in [2.75, 3.05) is 17.2 Å². The lowest BCUT2D eigenvalue weighted by atomic mass is 10.1. The number of nitrogens with zero attached hydrogens (tertiary/aromatic N) is 1. The number of carbonyl (C=O) groups is 3. The number of hydrogen-bond acceptors (Lipinski definition) is 6. The van der Waals surface area contributed by atoms with Gasteiger partial charge >= 0.3 is 0 Å². The van der Waals surface area contributed by atoms with E-state index in [-0.39, 0.29) is 23.9 Å². The molecule has 1 aromatic heterocycles. The van der Waals surface area contributed by atoms with E-state index in [1.54, 1.807) is 35.7 Å². The number of nitrogens with one attached hydrogen (secondary N) is 2. The Labute approximate surface area is 175 Å². The Bertz CT molecular complexity index is 1100. The molecule has 2 aromatic carbocycles. The van der Waals surface area contributed by atoms with Gasteiger partial charge in [0, 0.05) is 29.1 Å². The Balaban J connectivity index is 1.59. The van der Waals surface area contributed by atoms with Crippen LogP contribution in [0, 0.1) is 5.82 Å². The Morgan fingerprint density at radius 2 is 1.80 bits per heavy atom. The minimum atomic E-state index is -0.540. The van der Waals surface area contributed by atoms with Gasteiger partial charge in [-0.2, -0.15) is 0 Å². The molecule has 0 fully saturated rings. The number of amides is 2. The summed E-state index contributed by atoms with van der Waals surface area (Å²) in [6.45, 7) is 2.56. The quantitative estimate of drug-likeness (QED) is 0.553. The standard InChI is InChI=1S/C21H18FN3O4S/c1-12(26)14-3-6-16(7-4-14)29-10-20(28)25-21-24-19(11-30-21)17-8-5-15(9-18(17)22)23-13(2)27/h3-9,11H,10H2,1-2H3,(H,23,27)(H,24,25,28). The summed E-state index contributed by atoms with van der Waals surface area (Å²) in [6.07, 6.45) is 0. The van der Waals surface area contributed by atoms with Crippen LogP contribution in [0.5, 0.6) is 5.75 Å². The van der Waals surface area contributed by atoms with Gasteiger partial charge < -0.3 is 10.1 Å². The van der Waals surface area contributed by atoms with Crippen molar-refractivity contribution in [3.63, 3.8) is 0 Å². The zero-order valence-corrected chi connectivity index (χ0v) is 17.0. The van der Waals surface area contributed by atoms with E-state index >= 15 is 0 Å². The number of Topliss-reactive ketones (excluding diaryl/α,β-unsaturated/α-hetero) is 1. The fraction of sp³-hybridized carbons (Fsp3) is 0.143. The van der Waals surface area contributed by atoms with Crippen molar-refractivity contribution >= 4 is 39.8 Å². The summed E-state index contributed by atoms with van der Waals surface area (Å²) >= 11 is 1.15. The highest BCUT2D eigenvalue weighted by Crippen LogP contribution is 2.28. The van der Waals surface area contributed by atoms with Gasteiger partial charge in [0.25, 0.3) is 5.91 Å². The maximum atomic E-state index is 14.3. The van der Waals surface area contributed by atoms with E-state index in [9.17, 15) is 18.8 Å². The normalized spacial score (nSPS) is 10.4. The van der Waals surface area contributed by atoms with Gasteiger partial charge in [-0.25, -0.2) is 9.37 Å². The minimum absolute atomic E-state index is 0.0555. The minimum Gasteiger partial charge on any atom is -0.484 e. The molecule has 0 unspecified atom stereocenters. The fourth-order valence-corrected chi connectivity index (χ4v) is 3.28. The number of aromatic nitrogens is 1. The number of ether oxygens (including phenoxy) is 1. The van der Waals surface area contributed by atoms with E-state index in [2.05, 4.69) is 15.6 Å². The predicted molar refractivity (Wildman–Crippen MR) is 112 cm³/mol. The van der Waals surface area contributed by atoms with Crippen molar-refractivity contribution in [1.82, 2.24) is 4.98 Å². The first kappa shape index (κ1) is 21.1. The molecule has 2 amide bonds. The van der Waals surface area contributed by atoms with Crippen molar-refractivity contribution in [1.29, 1.82) is 0 Å². The van der Waals surface area contributed by atoms with Crippen molar-refractivity contribution in [2.24, 2.45) is 0 Å². The van der Waals surface area contributed by atoms with E-state index in [4.69, 9.17) is 4.74 Å². The molecule has 3 aromatic rings. The van der Waals surface area contributed by atoms with Crippen LogP contribution in [0.15, 0.2) is 47.8 Å². The molecule has 3 rings (SSSR count). The third kappa shape index (κ3) is 5.48. The van der Waals surface area contributed by atoms with Crippen LogP contribution < -0.4 is 15.4 Å². The van der Waals surface area contributed by atoms with Crippen LogP contribution in [0.1, 0.15) is 24.2 Å². The molecule has 0 radical (unpaired) electrons. The number of anilines is 2. The van der Waals surface area contributed by atoms with Crippen LogP contribution in [0.3, 0.4) is 0 Å². The molecule has 0 spiro atoms. The van der Waals surface area contributed by atoms with E-state index < -0.39 is 11.7 Å². The van der Waals surface area contributed by atoms with E-state index in [0.717, 1.165) is 11.3 Å². The van der Waals surface area contributed by atoms with Crippen LogP contribution in [-0.2, 0) is 9.59 Å². The SMILES string of the molecule is CC(=O)Nc1ccc(-c2csc(NC(=O)COc3ccc(C(C)=O)cc3)n2)c(F)c1. The molecule has 0 aliphatic heterocycles. The number of halogens is 1. The zero-order chi connectivity index (χ0) is 21.7. The second-order valence-corrected chi connectivity index (χ2v) is 7.19. The van der Waals surface area contributed by atoms with Crippen LogP contribution in [-0.4, -0.2) is 29.2 Å².